The zero-order valence-corrected chi connectivity index (χ0v) is 16.7. The molecule has 144 valence electrons. The molecule has 4 rings (SSSR count). The zero-order chi connectivity index (χ0) is 20.2. The minimum absolute atomic E-state index is 0.0341. The zero-order valence-electron chi connectivity index (χ0n) is 15.9. The summed E-state index contributed by atoms with van der Waals surface area (Å²) in [6, 6.07) is 18.6. The number of amides is 1. The molecule has 4 aromatic rings. The molecule has 0 unspecified atom stereocenters. The van der Waals surface area contributed by atoms with Crippen LogP contribution in [0.15, 0.2) is 66.9 Å². The number of rotatable bonds is 6. The van der Waals surface area contributed by atoms with Crippen LogP contribution in [0, 0.1) is 6.92 Å². The van der Waals surface area contributed by atoms with Crippen LogP contribution in [0.4, 0.5) is 5.69 Å². The second-order valence-electron chi connectivity index (χ2n) is 6.66. The number of fused-ring (bicyclic) bond motifs is 1. The quantitative estimate of drug-likeness (QED) is 0.447. The lowest BCUT2D eigenvalue weighted by Crippen LogP contribution is -2.14. The van der Waals surface area contributed by atoms with Gasteiger partial charge in [-0.2, -0.15) is 0 Å². The van der Waals surface area contributed by atoms with Crippen molar-refractivity contribution in [3.8, 4) is 10.6 Å². The molecule has 0 aliphatic heterocycles. The van der Waals surface area contributed by atoms with Crippen LogP contribution in [0.25, 0.3) is 20.9 Å². The standard InChI is InChI=1S/C23H19N3O2S/c1-15-17(22-26-19-11-6-14-24-23(19)29-22)9-5-10-18(15)25-21(28)13-12-20(27)16-7-3-2-4-8-16/h2-11,14H,12-13H2,1H3,(H,25,28). The first-order valence-corrected chi connectivity index (χ1v) is 10.1. The number of nitrogens with one attached hydrogen (secondary N) is 1. The summed E-state index contributed by atoms with van der Waals surface area (Å²) in [7, 11) is 0. The van der Waals surface area contributed by atoms with Crippen molar-refractivity contribution in [3.63, 3.8) is 0 Å². The number of nitrogens with zero attached hydrogens (tertiary/aromatic N) is 2. The fourth-order valence-electron chi connectivity index (χ4n) is 3.10. The van der Waals surface area contributed by atoms with E-state index in [-0.39, 0.29) is 24.5 Å². The first-order chi connectivity index (χ1) is 14.1. The number of Topliss-reactive ketones (excluding diaryl/α,β-unsaturated/α-hetero) is 1. The highest BCUT2D eigenvalue weighted by atomic mass is 32.1. The third-order valence-electron chi connectivity index (χ3n) is 4.68. The second-order valence-corrected chi connectivity index (χ2v) is 7.64. The number of pyridine rings is 1. The van der Waals surface area contributed by atoms with Crippen LogP contribution in [-0.4, -0.2) is 21.7 Å². The van der Waals surface area contributed by atoms with Crippen molar-refractivity contribution in [2.45, 2.75) is 19.8 Å². The van der Waals surface area contributed by atoms with E-state index in [1.165, 1.54) is 11.3 Å². The molecule has 0 radical (unpaired) electrons. The molecule has 2 heterocycles. The molecule has 1 N–H and O–H groups in total. The number of ketones is 1. The average Bonchev–Trinajstić information content (AvgIpc) is 3.18. The van der Waals surface area contributed by atoms with Gasteiger partial charge in [0.05, 0.1) is 0 Å². The number of aromatic nitrogens is 2. The molecule has 0 bridgehead atoms. The van der Waals surface area contributed by atoms with E-state index in [0.29, 0.717) is 5.56 Å². The number of hydrogen-bond acceptors (Lipinski definition) is 5. The minimum atomic E-state index is -0.180. The smallest absolute Gasteiger partial charge is 0.224 e. The maximum Gasteiger partial charge on any atom is 0.224 e. The van der Waals surface area contributed by atoms with E-state index in [1.807, 2.05) is 55.5 Å². The molecule has 0 fully saturated rings. The number of carbonyl (C=O) groups excluding carboxylic acids is 2. The Bertz CT molecular complexity index is 1150. The third kappa shape index (κ3) is 4.22. The van der Waals surface area contributed by atoms with Crippen molar-refractivity contribution >= 4 is 39.1 Å². The van der Waals surface area contributed by atoms with Gasteiger partial charge < -0.3 is 5.32 Å². The highest BCUT2D eigenvalue weighted by Crippen LogP contribution is 2.33. The van der Waals surface area contributed by atoms with Crippen LogP contribution in [0.3, 0.4) is 0 Å². The van der Waals surface area contributed by atoms with Crippen molar-refractivity contribution < 1.29 is 9.59 Å². The summed E-state index contributed by atoms with van der Waals surface area (Å²) in [5.74, 6) is -0.214. The number of hydrogen-bond donors (Lipinski definition) is 1. The summed E-state index contributed by atoms with van der Waals surface area (Å²) in [6.07, 6.45) is 2.07. The van der Waals surface area contributed by atoms with Gasteiger partial charge in [0.25, 0.3) is 0 Å². The summed E-state index contributed by atoms with van der Waals surface area (Å²) in [4.78, 5) is 34.5. The fourth-order valence-corrected chi connectivity index (χ4v) is 4.09. The van der Waals surface area contributed by atoms with Crippen LogP contribution < -0.4 is 5.32 Å². The summed E-state index contributed by atoms with van der Waals surface area (Å²) in [6.45, 7) is 1.96. The van der Waals surface area contributed by atoms with E-state index in [9.17, 15) is 9.59 Å². The Hall–Kier alpha value is -3.38. The molecule has 2 aromatic carbocycles. The van der Waals surface area contributed by atoms with Crippen molar-refractivity contribution in [2.75, 3.05) is 5.32 Å². The lowest BCUT2D eigenvalue weighted by molar-refractivity contribution is -0.116. The molecule has 1 amide bonds. The van der Waals surface area contributed by atoms with E-state index < -0.39 is 0 Å². The van der Waals surface area contributed by atoms with Crippen molar-refractivity contribution in [1.82, 2.24) is 9.97 Å². The number of thiazole rings is 1. The predicted molar refractivity (Wildman–Crippen MR) is 116 cm³/mol. The monoisotopic (exact) mass is 401 g/mol. The molecule has 0 aliphatic carbocycles. The summed E-state index contributed by atoms with van der Waals surface area (Å²) >= 11 is 1.52. The number of anilines is 1. The Balaban J connectivity index is 1.47. The average molecular weight is 401 g/mol. The van der Waals surface area contributed by atoms with Crippen LogP contribution in [-0.2, 0) is 4.79 Å². The van der Waals surface area contributed by atoms with Gasteiger partial charge in [0.15, 0.2) is 5.78 Å². The van der Waals surface area contributed by atoms with Gasteiger partial charge in [-0.25, -0.2) is 9.97 Å². The predicted octanol–water partition coefficient (Wildman–Crippen LogP) is 5.27. The highest BCUT2D eigenvalue weighted by molar-refractivity contribution is 7.21. The first-order valence-electron chi connectivity index (χ1n) is 9.31. The molecular formula is C23H19N3O2S. The largest absolute Gasteiger partial charge is 0.326 e. The van der Waals surface area contributed by atoms with Crippen LogP contribution in [0.2, 0.25) is 0 Å². The molecule has 0 saturated carbocycles. The molecular weight excluding hydrogens is 382 g/mol. The van der Waals surface area contributed by atoms with Crippen LogP contribution in [0.5, 0.6) is 0 Å². The van der Waals surface area contributed by atoms with Gasteiger partial charge >= 0.3 is 0 Å². The van der Waals surface area contributed by atoms with Gasteiger partial charge in [0.1, 0.15) is 15.4 Å². The van der Waals surface area contributed by atoms with Crippen LogP contribution >= 0.6 is 11.3 Å². The number of carbonyl (C=O) groups is 2. The van der Waals surface area contributed by atoms with E-state index in [2.05, 4.69) is 15.3 Å². The van der Waals surface area contributed by atoms with E-state index in [4.69, 9.17) is 0 Å². The Morgan fingerprint density at radius 2 is 1.79 bits per heavy atom. The van der Waals surface area contributed by atoms with Gasteiger partial charge in [-0.3, -0.25) is 9.59 Å². The van der Waals surface area contributed by atoms with Gasteiger partial charge in [-0.15, -0.1) is 0 Å². The molecule has 6 heteroatoms. The Morgan fingerprint density at radius 3 is 2.59 bits per heavy atom. The lowest BCUT2D eigenvalue weighted by Gasteiger charge is -2.11. The van der Waals surface area contributed by atoms with E-state index in [1.54, 1.807) is 18.3 Å². The van der Waals surface area contributed by atoms with E-state index in [0.717, 1.165) is 32.2 Å². The molecule has 5 nitrogen and oxygen atoms in total. The summed E-state index contributed by atoms with van der Waals surface area (Å²) in [5.41, 5.74) is 4.12. The van der Waals surface area contributed by atoms with Gasteiger partial charge in [-0.1, -0.05) is 53.8 Å². The van der Waals surface area contributed by atoms with E-state index >= 15 is 0 Å². The molecule has 0 aliphatic rings. The minimum Gasteiger partial charge on any atom is -0.326 e. The lowest BCUT2D eigenvalue weighted by atomic mass is 10.1. The third-order valence-corrected chi connectivity index (χ3v) is 5.69. The van der Waals surface area contributed by atoms with Crippen molar-refractivity contribution in [3.05, 3.63) is 78.0 Å². The van der Waals surface area contributed by atoms with Crippen LogP contribution in [0.1, 0.15) is 28.8 Å². The SMILES string of the molecule is Cc1c(NC(=O)CCC(=O)c2ccccc2)cccc1-c1nc2cccnc2s1. The Kier molecular flexibility index (Phi) is 5.44. The Morgan fingerprint density at radius 1 is 0.966 bits per heavy atom. The first kappa shape index (κ1) is 19.0. The highest BCUT2D eigenvalue weighted by Gasteiger charge is 2.14. The normalized spacial score (nSPS) is 10.8. The maximum absolute atomic E-state index is 12.4. The van der Waals surface area contributed by atoms with Gasteiger partial charge in [0.2, 0.25) is 5.91 Å². The van der Waals surface area contributed by atoms with Gasteiger partial charge in [-0.05, 0) is 30.7 Å². The van der Waals surface area contributed by atoms with Gasteiger partial charge in [0, 0.05) is 35.9 Å². The van der Waals surface area contributed by atoms with Crippen molar-refractivity contribution in [1.29, 1.82) is 0 Å². The molecule has 2 aromatic heterocycles. The Labute approximate surface area is 172 Å². The summed E-state index contributed by atoms with van der Waals surface area (Å²) < 4.78 is 0. The summed E-state index contributed by atoms with van der Waals surface area (Å²) in [5, 5.41) is 3.80. The molecule has 0 atom stereocenters. The molecule has 0 spiro atoms. The molecule has 0 saturated heterocycles. The number of benzene rings is 2. The van der Waals surface area contributed by atoms with Crippen molar-refractivity contribution in [2.24, 2.45) is 0 Å². The topological polar surface area (TPSA) is 72.0 Å². The second kappa shape index (κ2) is 8.32. The molecule has 29 heavy (non-hydrogen) atoms. The maximum atomic E-state index is 12.4. The fraction of sp³-hybridized carbons (Fsp3) is 0.130.